The summed E-state index contributed by atoms with van der Waals surface area (Å²) >= 11 is 0. The molecule has 1 aliphatic rings. The van der Waals surface area contributed by atoms with Gasteiger partial charge in [-0.3, -0.25) is 9.59 Å². The number of rotatable bonds is 6. The SMILES string of the molecule is NCCCCCC(=O)OC(=O)C1CCCCC1. The number of hydrogen-bond acceptors (Lipinski definition) is 4. The van der Waals surface area contributed by atoms with Crippen LogP contribution in [0.2, 0.25) is 0 Å². The predicted octanol–water partition coefficient (Wildman–Crippen LogP) is 2.16. The third-order valence-electron chi connectivity index (χ3n) is 3.24. The summed E-state index contributed by atoms with van der Waals surface area (Å²) in [5.41, 5.74) is 5.35. The lowest BCUT2D eigenvalue weighted by molar-refractivity contribution is -0.163. The highest BCUT2D eigenvalue weighted by atomic mass is 16.6. The van der Waals surface area contributed by atoms with E-state index in [1.54, 1.807) is 0 Å². The maximum absolute atomic E-state index is 11.6. The van der Waals surface area contributed by atoms with Crippen molar-refractivity contribution in [1.82, 2.24) is 0 Å². The van der Waals surface area contributed by atoms with Gasteiger partial charge in [0.1, 0.15) is 0 Å². The molecule has 1 fully saturated rings. The third kappa shape index (κ3) is 5.82. The largest absolute Gasteiger partial charge is 0.393 e. The molecule has 2 N–H and O–H groups in total. The van der Waals surface area contributed by atoms with Gasteiger partial charge in [0.05, 0.1) is 5.92 Å². The molecule has 0 aromatic rings. The van der Waals surface area contributed by atoms with Gasteiger partial charge in [-0.2, -0.15) is 0 Å². The lowest BCUT2D eigenvalue weighted by atomic mass is 9.89. The topological polar surface area (TPSA) is 69.4 Å². The van der Waals surface area contributed by atoms with E-state index in [0.29, 0.717) is 13.0 Å². The van der Waals surface area contributed by atoms with Gasteiger partial charge in [0.15, 0.2) is 0 Å². The zero-order valence-electron chi connectivity index (χ0n) is 10.5. The number of ether oxygens (including phenoxy) is 1. The van der Waals surface area contributed by atoms with Crippen LogP contribution in [-0.2, 0) is 14.3 Å². The monoisotopic (exact) mass is 241 g/mol. The van der Waals surface area contributed by atoms with Gasteiger partial charge in [0.25, 0.3) is 0 Å². The summed E-state index contributed by atoms with van der Waals surface area (Å²) in [6, 6.07) is 0. The molecule has 1 saturated carbocycles. The number of hydrogen-bond donors (Lipinski definition) is 1. The minimum atomic E-state index is -0.377. The van der Waals surface area contributed by atoms with Crippen molar-refractivity contribution in [2.24, 2.45) is 11.7 Å². The smallest absolute Gasteiger partial charge is 0.316 e. The van der Waals surface area contributed by atoms with Gasteiger partial charge in [0, 0.05) is 6.42 Å². The molecule has 0 aromatic heterocycles. The first kappa shape index (κ1) is 14.2. The fourth-order valence-corrected chi connectivity index (χ4v) is 2.18. The van der Waals surface area contributed by atoms with E-state index in [0.717, 1.165) is 44.9 Å². The zero-order chi connectivity index (χ0) is 12.5. The molecule has 1 rings (SSSR count). The van der Waals surface area contributed by atoms with E-state index in [4.69, 9.17) is 10.5 Å². The quantitative estimate of drug-likeness (QED) is 0.439. The molecule has 0 atom stereocenters. The molecule has 0 heterocycles. The Morgan fingerprint density at radius 1 is 1.06 bits per heavy atom. The van der Waals surface area contributed by atoms with Gasteiger partial charge in [-0.05, 0) is 32.2 Å². The average molecular weight is 241 g/mol. The van der Waals surface area contributed by atoms with E-state index < -0.39 is 0 Å². The second kappa shape index (κ2) is 8.23. The Kier molecular flexibility index (Phi) is 6.86. The van der Waals surface area contributed by atoms with Crippen molar-refractivity contribution in [3.05, 3.63) is 0 Å². The molecule has 4 heteroatoms. The molecular weight excluding hydrogens is 218 g/mol. The van der Waals surface area contributed by atoms with Crippen LogP contribution < -0.4 is 5.73 Å². The summed E-state index contributed by atoms with van der Waals surface area (Å²) in [4.78, 5) is 23.0. The first-order valence-electron chi connectivity index (χ1n) is 6.68. The molecule has 1 aliphatic carbocycles. The van der Waals surface area contributed by atoms with Crippen molar-refractivity contribution in [2.75, 3.05) is 6.54 Å². The molecule has 98 valence electrons. The Morgan fingerprint density at radius 3 is 2.41 bits per heavy atom. The van der Waals surface area contributed by atoms with Crippen molar-refractivity contribution in [3.63, 3.8) is 0 Å². The second-order valence-corrected chi connectivity index (χ2v) is 4.73. The maximum Gasteiger partial charge on any atom is 0.316 e. The molecule has 0 unspecified atom stereocenters. The Morgan fingerprint density at radius 2 is 1.76 bits per heavy atom. The summed E-state index contributed by atoms with van der Waals surface area (Å²) < 4.78 is 4.86. The van der Waals surface area contributed by atoms with Crippen molar-refractivity contribution >= 4 is 11.9 Å². The Bertz CT molecular complexity index is 247. The first-order valence-corrected chi connectivity index (χ1v) is 6.68. The molecule has 0 bridgehead atoms. The number of carbonyl (C=O) groups is 2. The van der Waals surface area contributed by atoms with E-state index in [1.807, 2.05) is 0 Å². The minimum absolute atomic E-state index is 0.0447. The highest BCUT2D eigenvalue weighted by Gasteiger charge is 2.24. The van der Waals surface area contributed by atoms with Crippen LogP contribution in [0, 0.1) is 5.92 Å². The number of carbonyl (C=O) groups excluding carboxylic acids is 2. The normalized spacial score (nSPS) is 16.8. The van der Waals surface area contributed by atoms with Gasteiger partial charge in [-0.1, -0.05) is 25.7 Å². The van der Waals surface area contributed by atoms with Crippen molar-refractivity contribution in [1.29, 1.82) is 0 Å². The van der Waals surface area contributed by atoms with Gasteiger partial charge in [-0.25, -0.2) is 0 Å². The van der Waals surface area contributed by atoms with Crippen LogP contribution in [0.15, 0.2) is 0 Å². The van der Waals surface area contributed by atoms with Gasteiger partial charge in [0.2, 0.25) is 0 Å². The lowest BCUT2D eigenvalue weighted by Gasteiger charge is -2.19. The van der Waals surface area contributed by atoms with Gasteiger partial charge in [-0.15, -0.1) is 0 Å². The summed E-state index contributed by atoms with van der Waals surface area (Å²) in [5.74, 6) is -0.733. The van der Waals surface area contributed by atoms with E-state index in [2.05, 4.69) is 0 Å². The summed E-state index contributed by atoms with van der Waals surface area (Å²) in [6.07, 6.45) is 8.02. The molecule has 0 saturated heterocycles. The lowest BCUT2D eigenvalue weighted by Crippen LogP contribution is -2.23. The first-order chi connectivity index (χ1) is 8.24. The van der Waals surface area contributed by atoms with E-state index in [-0.39, 0.29) is 17.9 Å². The summed E-state index contributed by atoms with van der Waals surface area (Å²) in [6.45, 7) is 0.649. The number of unbranched alkanes of at least 4 members (excludes halogenated alkanes) is 2. The van der Waals surface area contributed by atoms with Gasteiger partial charge < -0.3 is 10.5 Å². The second-order valence-electron chi connectivity index (χ2n) is 4.73. The maximum atomic E-state index is 11.6. The molecule has 4 nitrogen and oxygen atoms in total. The molecule has 0 spiro atoms. The standard InChI is InChI=1S/C13H23NO3/c14-10-6-2-5-9-12(15)17-13(16)11-7-3-1-4-8-11/h11H,1-10,14H2. The van der Waals surface area contributed by atoms with E-state index in [1.165, 1.54) is 6.42 Å². The molecule has 0 amide bonds. The number of nitrogens with two attached hydrogens (primary N) is 1. The summed E-state index contributed by atoms with van der Waals surface area (Å²) in [7, 11) is 0. The predicted molar refractivity (Wildman–Crippen MR) is 65.2 cm³/mol. The minimum Gasteiger partial charge on any atom is -0.393 e. The van der Waals surface area contributed by atoms with E-state index >= 15 is 0 Å². The Hall–Kier alpha value is -0.900. The van der Waals surface area contributed by atoms with Crippen LogP contribution in [0.5, 0.6) is 0 Å². The van der Waals surface area contributed by atoms with Gasteiger partial charge >= 0.3 is 11.9 Å². The number of esters is 2. The van der Waals surface area contributed by atoms with Crippen LogP contribution in [0.4, 0.5) is 0 Å². The van der Waals surface area contributed by atoms with Crippen LogP contribution in [0.3, 0.4) is 0 Å². The molecule has 0 radical (unpaired) electrons. The third-order valence-corrected chi connectivity index (χ3v) is 3.24. The highest BCUT2D eigenvalue weighted by molar-refractivity contribution is 5.86. The Labute approximate surface area is 103 Å². The fraction of sp³-hybridized carbons (Fsp3) is 0.846. The molecular formula is C13H23NO3. The fourth-order valence-electron chi connectivity index (χ4n) is 2.18. The molecule has 0 aromatic carbocycles. The van der Waals surface area contributed by atoms with Crippen LogP contribution in [0.1, 0.15) is 57.8 Å². The molecule has 17 heavy (non-hydrogen) atoms. The zero-order valence-corrected chi connectivity index (χ0v) is 10.5. The van der Waals surface area contributed by atoms with Crippen molar-refractivity contribution < 1.29 is 14.3 Å². The van der Waals surface area contributed by atoms with Crippen molar-refractivity contribution in [3.8, 4) is 0 Å². The van der Waals surface area contributed by atoms with Crippen LogP contribution in [-0.4, -0.2) is 18.5 Å². The highest BCUT2D eigenvalue weighted by Crippen LogP contribution is 2.24. The molecule has 0 aliphatic heterocycles. The average Bonchev–Trinajstić information content (AvgIpc) is 2.36. The van der Waals surface area contributed by atoms with Crippen LogP contribution >= 0.6 is 0 Å². The van der Waals surface area contributed by atoms with Crippen molar-refractivity contribution in [2.45, 2.75) is 57.8 Å². The van der Waals surface area contributed by atoms with E-state index in [9.17, 15) is 9.59 Å². The summed E-state index contributed by atoms with van der Waals surface area (Å²) in [5, 5.41) is 0. The Balaban J connectivity index is 2.14. The van der Waals surface area contributed by atoms with Crippen LogP contribution in [0.25, 0.3) is 0 Å².